The minimum Gasteiger partial charge on any atom is -0.456 e. The fraction of sp³-hybridized carbons (Fsp3) is 0.833. The first kappa shape index (κ1) is 17.5. The maximum atomic E-state index is 12.7. The Morgan fingerprint density at radius 3 is 2.54 bits per heavy atom. The van der Waals surface area contributed by atoms with E-state index in [1.54, 1.807) is 0 Å². The van der Waals surface area contributed by atoms with E-state index in [0.717, 1.165) is 55.3 Å². The number of hydrogen-bond donors (Lipinski definition) is 0. The van der Waals surface area contributed by atoms with Crippen molar-refractivity contribution >= 4 is 11.9 Å². The predicted molar refractivity (Wildman–Crippen MR) is 103 cm³/mol. The van der Waals surface area contributed by atoms with Gasteiger partial charge in [0.25, 0.3) is 0 Å². The Kier molecular flexibility index (Phi) is 3.81. The third-order valence-corrected chi connectivity index (χ3v) is 9.73. The summed E-state index contributed by atoms with van der Waals surface area (Å²) in [5.41, 5.74) is -0.297. The molecule has 6 rings (SSSR count). The van der Waals surface area contributed by atoms with Crippen molar-refractivity contribution in [3.05, 3.63) is 12.2 Å². The molecule has 0 aromatic rings. The fourth-order valence-electron chi connectivity index (χ4n) is 8.84. The molecule has 0 spiro atoms. The summed E-state index contributed by atoms with van der Waals surface area (Å²) in [6.45, 7) is 1.96. The van der Waals surface area contributed by atoms with Gasteiger partial charge in [-0.1, -0.05) is 19.1 Å². The maximum Gasteiger partial charge on any atom is 0.344 e. The molecular weight excluding hydrogens is 352 g/mol. The molecular formula is C24H32O4. The highest BCUT2D eigenvalue weighted by Crippen LogP contribution is 2.70. The van der Waals surface area contributed by atoms with Gasteiger partial charge in [-0.15, -0.1) is 0 Å². The van der Waals surface area contributed by atoms with Gasteiger partial charge in [-0.25, -0.2) is 4.79 Å². The number of rotatable bonds is 5. The highest BCUT2D eigenvalue weighted by molar-refractivity contribution is 5.79. The quantitative estimate of drug-likeness (QED) is 0.406. The minimum absolute atomic E-state index is 0.0553. The highest BCUT2D eigenvalue weighted by atomic mass is 16.6. The first-order chi connectivity index (χ1) is 13.6. The summed E-state index contributed by atoms with van der Waals surface area (Å²) < 4.78 is 11.6. The molecule has 0 aromatic heterocycles. The van der Waals surface area contributed by atoms with E-state index in [4.69, 9.17) is 9.47 Å². The average molecular weight is 385 g/mol. The van der Waals surface area contributed by atoms with Gasteiger partial charge in [0.2, 0.25) is 0 Å². The highest BCUT2D eigenvalue weighted by Gasteiger charge is 2.67. The van der Waals surface area contributed by atoms with E-state index >= 15 is 0 Å². The van der Waals surface area contributed by atoms with E-state index < -0.39 is 0 Å². The summed E-state index contributed by atoms with van der Waals surface area (Å²) >= 11 is 0. The molecule has 28 heavy (non-hydrogen) atoms. The minimum atomic E-state index is -0.332. The lowest BCUT2D eigenvalue weighted by molar-refractivity contribution is -0.181. The molecule has 5 saturated carbocycles. The molecule has 10 unspecified atom stereocenters. The second kappa shape index (κ2) is 6.09. The lowest BCUT2D eigenvalue weighted by Crippen LogP contribution is -2.48. The summed E-state index contributed by atoms with van der Waals surface area (Å²) in [5, 5.41) is 0. The molecule has 10 atom stereocenters. The van der Waals surface area contributed by atoms with Crippen LogP contribution in [0, 0.1) is 53.3 Å². The Balaban J connectivity index is 1.09. The van der Waals surface area contributed by atoms with Crippen LogP contribution in [0.2, 0.25) is 0 Å². The molecule has 4 heteroatoms. The Morgan fingerprint density at radius 1 is 1.00 bits per heavy atom. The maximum absolute atomic E-state index is 12.7. The molecule has 152 valence electrons. The van der Waals surface area contributed by atoms with E-state index in [2.05, 4.69) is 19.1 Å². The van der Waals surface area contributed by atoms with Gasteiger partial charge in [-0.05, 0) is 92.8 Å². The van der Waals surface area contributed by atoms with E-state index in [1.807, 2.05) is 0 Å². The zero-order valence-corrected chi connectivity index (χ0v) is 16.8. The van der Waals surface area contributed by atoms with Gasteiger partial charge in [0, 0.05) is 5.92 Å². The summed E-state index contributed by atoms with van der Waals surface area (Å²) in [4.78, 5) is 25.1. The molecule has 6 bridgehead atoms. The van der Waals surface area contributed by atoms with Crippen molar-refractivity contribution in [2.24, 2.45) is 53.3 Å². The summed E-state index contributed by atoms with van der Waals surface area (Å²) in [6, 6.07) is 0. The molecule has 0 radical (unpaired) electrons. The van der Waals surface area contributed by atoms with Crippen LogP contribution in [0.3, 0.4) is 0 Å². The van der Waals surface area contributed by atoms with Crippen molar-refractivity contribution < 1.29 is 19.1 Å². The van der Waals surface area contributed by atoms with Crippen molar-refractivity contribution in [1.29, 1.82) is 0 Å². The van der Waals surface area contributed by atoms with Crippen LogP contribution in [0.15, 0.2) is 12.2 Å². The van der Waals surface area contributed by atoms with Crippen LogP contribution in [0.5, 0.6) is 0 Å². The molecule has 0 N–H and O–H groups in total. The van der Waals surface area contributed by atoms with Gasteiger partial charge < -0.3 is 9.47 Å². The molecule has 0 amide bonds. The number of fused-ring (bicyclic) bond motifs is 11. The van der Waals surface area contributed by atoms with Crippen molar-refractivity contribution in [2.45, 2.75) is 63.9 Å². The van der Waals surface area contributed by atoms with E-state index in [9.17, 15) is 9.59 Å². The Morgan fingerprint density at radius 2 is 1.82 bits per heavy atom. The zero-order chi connectivity index (χ0) is 19.0. The van der Waals surface area contributed by atoms with Crippen LogP contribution in [0.1, 0.15) is 58.3 Å². The standard InChI is InChI=1S/C24H32O4/c1-2-24(11-17-10-19(24)22-16-6-5-15(9-16)21(17)22)28-20(25)12-27-23(26)18-8-13-3-4-14(18)7-13/h3-4,13-19,21-22H,2,5-12H2,1H3. The molecule has 0 aliphatic heterocycles. The normalized spacial score (nSPS) is 51.7. The van der Waals surface area contributed by atoms with E-state index in [-0.39, 0.29) is 30.1 Å². The number of esters is 2. The first-order valence-corrected chi connectivity index (χ1v) is 11.6. The zero-order valence-electron chi connectivity index (χ0n) is 16.8. The molecule has 5 fully saturated rings. The predicted octanol–water partition coefficient (Wildman–Crippen LogP) is 4.14. The van der Waals surface area contributed by atoms with Gasteiger partial charge in [0.15, 0.2) is 6.61 Å². The second-order valence-corrected chi connectivity index (χ2v) is 10.7. The Labute approximate surface area is 167 Å². The number of carbonyl (C=O) groups excluding carboxylic acids is 2. The first-order valence-electron chi connectivity index (χ1n) is 11.6. The largest absolute Gasteiger partial charge is 0.456 e. The Hall–Kier alpha value is -1.32. The van der Waals surface area contributed by atoms with Crippen LogP contribution < -0.4 is 0 Å². The van der Waals surface area contributed by atoms with Gasteiger partial charge >= 0.3 is 11.9 Å². The number of ether oxygens (including phenoxy) is 2. The fourth-order valence-corrected chi connectivity index (χ4v) is 8.84. The second-order valence-electron chi connectivity index (χ2n) is 10.7. The summed E-state index contributed by atoms with van der Waals surface area (Å²) in [7, 11) is 0. The molecule has 6 aliphatic rings. The van der Waals surface area contributed by atoms with Crippen LogP contribution >= 0.6 is 0 Å². The van der Waals surface area contributed by atoms with Crippen LogP contribution in [-0.4, -0.2) is 24.1 Å². The van der Waals surface area contributed by atoms with Gasteiger partial charge in [0.1, 0.15) is 5.60 Å². The molecule has 6 aliphatic carbocycles. The van der Waals surface area contributed by atoms with Crippen molar-refractivity contribution in [3.63, 3.8) is 0 Å². The van der Waals surface area contributed by atoms with Crippen LogP contribution in [0.25, 0.3) is 0 Å². The van der Waals surface area contributed by atoms with Crippen LogP contribution in [-0.2, 0) is 19.1 Å². The van der Waals surface area contributed by atoms with Crippen LogP contribution in [0.4, 0.5) is 0 Å². The molecule has 0 saturated heterocycles. The van der Waals surface area contributed by atoms with Crippen molar-refractivity contribution in [2.75, 3.05) is 6.61 Å². The summed E-state index contributed by atoms with van der Waals surface area (Å²) in [6.07, 6.45) is 13.7. The molecule has 0 heterocycles. The summed E-state index contributed by atoms with van der Waals surface area (Å²) in [5.74, 6) is 5.06. The lowest BCUT2D eigenvalue weighted by Gasteiger charge is -2.45. The topological polar surface area (TPSA) is 52.6 Å². The SMILES string of the molecule is CCC1(OC(=O)COC(=O)C2CC3C=CC2C3)CC2CC1C1C3CCC(C3)C21. The monoisotopic (exact) mass is 384 g/mol. The smallest absolute Gasteiger partial charge is 0.344 e. The average Bonchev–Trinajstić information content (AvgIpc) is 3.51. The van der Waals surface area contributed by atoms with E-state index in [0.29, 0.717) is 17.8 Å². The van der Waals surface area contributed by atoms with Gasteiger partial charge in [-0.2, -0.15) is 0 Å². The molecule has 4 nitrogen and oxygen atoms in total. The molecule has 0 aromatic carbocycles. The van der Waals surface area contributed by atoms with Gasteiger partial charge in [-0.3, -0.25) is 4.79 Å². The van der Waals surface area contributed by atoms with E-state index in [1.165, 1.54) is 25.7 Å². The number of hydrogen-bond acceptors (Lipinski definition) is 4. The number of allylic oxidation sites excluding steroid dienone is 2. The third kappa shape index (κ3) is 2.35. The van der Waals surface area contributed by atoms with Crippen molar-refractivity contribution in [3.8, 4) is 0 Å². The third-order valence-electron chi connectivity index (χ3n) is 9.73. The van der Waals surface area contributed by atoms with Crippen molar-refractivity contribution in [1.82, 2.24) is 0 Å². The van der Waals surface area contributed by atoms with Gasteiger partial charge in [0.05, 0.1) is 5.92 Å². The number of carbonyl (C=O) groups is 2. The Bertz CT molecular complexity index is 728. The lowest BCUT2D eigenvalue weighted by atomic mass is 9.65.